The fraction of sp³-hybridized carbons (Fsp3) is 0.552. The molecule has 2 aliphatic heterocycles. The summed E-state index contributed by atoms with van der Waals surface area (Å²) in [6.07, 6.45) is 5.25. The van der Waals surface area contributed by atoms with E-state index in [0.29, 0.717) is 25.3 Å². The third-order valence-electron chi connectivity index (χ3n) is 7.52. The molecule has 9 heteroatoms. The molecule has 2 aliphatic rings. The summed E-state index contributed by atoms with van der Waals surface area (Å²) in [6, 6.07) is 8.08. The molecule has 0 aliphatic carbocycles. The van der Waals surface area contributed by atoms with Gasteiger partial charge < -0.3 is 10.2 Å². The summed E-state index contributed by atoms with van der Waals surface area (Å²) >= 11 is 0. The van der Waals surface area contributed by atoms with Gasteiger partial charge in [0.25, 0.3) is 11.8 Å². The fourth-order valence-electron chi connectivity index (χ4n) is 5.56. The number of aromatic nitrogens is 3. The zero-order valence-electron chi connectivity index (χ0n) is 22.6. The van der Waals surface area contributed by atoms with E-state index in [1.807, 2.05) is 29.2 Å². The molecule has 2 saturated heterocycles. The van der Waals surface area contributed by atoms with Gasteiger partial charge in [-0.1, -0.05) is 26.8 Å². The van der Waals surface area contributed by atoms with Crippen LogP contribution in [0, 0.1) is 5.41 Å². The van der Waals surface area contributed by atoms with Crippen LogP contribution in [0.5, 0.6) is 0 Å². The number of hydrogen-bond donors (Lipinski definition) is 2. The maximum Gasteiger partial charge on any atom is 0.272 e. The normalized spacial score (nSPS) is 19.6. The fourth-order valence-corrected chi connectivity index (χ4v) is 5.56. The molecule has 0 radical (unpaired) electrons. The summed E-state index contributed by atoms with van der Waals surface area (Å²) in [7, 11) is 0. The van der Waals surface area contributed by atoms with Crippen molar-refractivity contribution in [2.75, 3.05) is 32.7 Å². The maximum atomic E-state index is 13.5. The number of rotatable bonds is 6. The van der Waals surface area contributed by atoms with Crippen molar-refractivity contribution in [3.05, 3.63) is 47.9 Å². The highest BCUT2D eigenvalue weighted by Gasteiger charge is 2.33. The van der Waals surface area contributed by atoms with Crippen LogP contribution in [0.25, 0.3) is 22.0 Å². The first-order valence-electron chi connectivity index (χ1n) is 13.6. The van der Waals surface area contributed by atoms with Crippen LogP contribution in [-0.2, 0) is 6.54 Å². The largest absolute Gasteiger partial charge is 0.348 e. The average molecular weight is 525 g/mol. The van der Waals surface area contributed by atoms with Crippen LogP contribution >= 0.6 is 0 Å². The highest BCUT2D eigenvalue weighted by atomic mass is 19.3. The number of amides is 1. The molecule has 0 unspecified atom stereocenters. The molecular weight excluding hydrogens is 486 g/mol. The number of likely N-dealkylation sites (tertiary alicyclic amines) is 2. The zero-order chi connectivity index (χ0) is 26.9. The Bertz CT molecular complexity index is 1270. The predicted octanol–water partition coefficient (Wildman–Crippen LogP) is 5.10. The van der Waals surface area contributed by atoms with Crippen LogP contribution in [0.4, 0.5) is 8.78 Å². The van der Waals surface area contributed by atoms with Gasteiger partial charge in [-0.3, -0.25) is 19.8 Å². The van der Waals surface area contributed by atoms with Gasteiger partial charge in [0.1, 0.15) is 0 Å². The molecule has 0 spiro atoms. The van der Waals surface area contributed by atoms with E-state index < -0.39 is 5.92 Å². The molecule has 1 amide bonds. The third-order valence-corrected chi connectivity index (χ3v) is 7.52. The molecule has 3 aromatic rings. The number of nitrogens with zero attached hydrogens (tertiary/aromatic N) is 4. The Kier molecular flexibility index (Phi) is 7.51. The number of pyridine rings is 1. The molecule has 1 aromatic carbocycles. The van der Waals surface area contributed by atoms with Crippen molar-refractivity contribution in [2.45, 2.75) is 65.0 Å². The third kappa shape index (κ3) is 6.56. The van der Waals surface area contributed by atoms with Gasteiger partial charge in [0, 0.05) is 81.5 Å². The smallest absolute Gasteiger partial charge is 0.272 e. The summed E-state index contributed by atoms with van der Waals surface area (Å²) < 4.78 is 27.0. The number of benzene rings is 1. The predicted molar refractivity (Wildman–Crippen MR) is 145 cm³/mol. The van der Waals surface area contributed by atoms with Crippen molar-refractivity contribution < 1.29 is 13.6 Å². The Morgan fingerprint density at radius 2 is 1.79 bits per heavy atom. The second kappa shape index (κ2) is 10.7. The van der Waals surface area contributed by atoms with Crippen molar-refractivity contribution in [2.24, 2.45) is 5.41 Å². The quantitative estimate of drug-likeness (QED) is 0.469. The lowest BCUT2D eigenvalue weighted by molar-refractivity contribution is -0.0566. The number of carbonyl (C=O) groups is 1. The van der Waals surface area contributed by atoms with E-state index in [4.69, 9.17) is 0 Å². The van der Waals surface area contributed by atoms with Gasteiger partial charge in [0.05, 0.1) is 5.52 Å². The van der Waals surface area contributed by atoms with Gasteiger partial charge in [0.2, 0.25) is 0 Å². The molecule has 0 atom stereocenters. The van der Waals surface area contributed by atoms with Crippen molar-refractivity contribution in [1.29, 1.82) is 0 Å². The van der Waals surface area contributed by atoms with Crippen molar-refractivity contribution in [3.8, 4) is 11.1 Å². The van der Waals surface area contributed by atoms with Gasteiger partial charge in [-0.05, 0) is 47.6 Å². The minimum absolute atomic E-state index is 0.0991. The van der Waals surface area contributed by atoms with Crippen LogP contribution in [0.1, 0.15) is 62.5 Å². The Balaban J connectivity index is 1.26. The van der Waals surface area contributed by atoms with Crippen molar-refractivity contribution in [3.63, 3.8) is 0 Å². The second-order valence-electron chi connectivity index (χ2n) is 12.1. The van der Waals surface area contributed by atoms with Crippen LogP contribution in [-0.4, -0.2) is 75.6 Å². The molecular formula is C29H38F2N6O. The molecule has 0 saturated carbocycles. The van der Waals surface area contributed by atoms with Crippen LogP contribution in [0.15, 0.2) is 36.7 Å². The standard InChI is InChI=1S/C29H38F2N6O/c1-28(2,3)19-37-10-6-23(7-11-37)33-27(38)26-24-15-21(4-5-25(24)34-35-26)22-14-20(16-32-17-22)18-36-12-8-29(30,31)9-13-36/h4-5,14-17,23H,6-13,18-19H2,1-3H3,(H,33,38)(H,34,35). The molecule has 4 heterocycles. The van der Waals surface area contributed by atoms with E-state index in [2.05, 4.69) is 46.2 Å². The number of aromatic amines is 1. The van der Waals surface area contributed by atoms with Gasteiger partial charge in [-0.25, -0.2) is 8.78 Å². The summed E-state index contributed by atoms with van der Waals surface area (Å²) in [6.45, 7) is 11.1. The van der Waals surface area contributed by atoms with E-state index in [9.17, 15) is 13.6 Å². The number of H-pyrrole nitrogens is 1. The summed E-state index contributed by atoms with van der Waals surface area (Å²) in [5.74, 6) is -2.71. The molecule has 204 valence electrons. The summed E-state index contributed by atoms with van der Waals surface area (Å²) in [4.78, 5) is 22.1. The Morgan fingerprint density at radius 3 is 2.50 bits per heavy atom. The van der Waals surface area contributed by atoms with Crippen molar-refractivity contribution in [1.82, 2.24) is 30.3 Å². The van der Waals surface area contributed by atoms with E-state index in [1.54, 1.807) is 12.4 Å². The Labute approximate surface area is 223 Å². The van der Waals surface area contributed by atoms with E-state index in [1.165, 1.54) is 0 Å². The molecule has 7 nitrogen and oxygen atoms in total. The molecule has 2 fully saturated rings. The Hall–Kier alpha value is -2.91. The van der Waals surface area contributed by atoms with Gasteiger partial charge in [-0.2, -0.15) is 5.10 Å². The number of hydrogen-bond acceptors (Lipinski definition) is 5. The number of piperidine rings is 2. The highest BCUT2D eigenvalue weighted by Crippen LogP contribution is 2.30. The first-order chi connectivity index (χ1) is 18.0. The van der Waals surface area contributed by atoms with E-state index >= 15 is 0 Å². The topological polar surface area (TPSA) is 77.1 Å². The van der Waals surface area contributed by atoms with Gasteiger partial charge >= 0.3 is 0 Å². The first-order valence-corrected chi connectivity index (χ1v) is 13.6. The number of halogens is 2. The lowest BCUT2D eigenvalue weighted by atomic mass is 9.94. The summed E-state index contributed by atoms with van der Waals surface area (Å²) in [5.41, 5.74) is 4.31. The lowest BCUT2D eigenvalue weighted by Gasteiger charge is -2.36. The number of alkyl halides is 2. The maximum absolute atomic E-state index is 13.5. The first kappa shape index (κ1) is 26.7. The zero-order valence-corrected chi connectivity index (χ0v) is 22.6. The molecule has 0 bridgehead atoms. The van der Waals surface area contributed by atoms with Gasteiger partial charge in [0.15, 0.2) is 5.69 Å². The SMILES string of the molecule is CC(C)(C)CN1CCC(NC(=O)c2n[nH]c3ccc(-c4cncc(CN5CCC(F)(F)CC5)c4)cc23)CC1. The van der Waals surface area contributed by atoms with Crippen LogP contribution < -0.4 is 5.32 Å². The number of fused-ring (bicyclic) bond motifs is 1. The molecule has 2 N–H and O–H groups in total. The van der Waals surface area contributed by atoms with Gasteiger partial charge in [-0.15, -0.1) is 0 Å². The van der Waals surface area contributed by atoms with Crippen LogP contribution in [0.3, 0.4) is 0 Å². The minimum atomic E-state index is -2.55. The molecule has 5 rings (SSSR count). The highest BCUT2D eigenvalue weighted by molar-refractivity contribution is 6.05. The number of nitrogens with one attached hydrogen (secondary N) is 2. The van der Waals surface area contributed by atoms with Crippen LogP contribution in [0.2, 0.25) is 0 Å². The summed E-state index contributed by atoms with van der Waals surface area (Å²) in [5, 5.41) is 11.3. The average Bonchev–Trinajstić information content (AvgIpc) is 3.29. The second-order valence-corrected chi connectivity index (χ2v) is 12.1. The lowest BCUT2D eigenvalue weighted by Crippen LogP contribution is -2.46. The number of carbonyl (C=O) groups excluding carboxylic acids is 1. The minimum Gasteiger partial charge on any atom is -0.348 e. The monoisotopic (exact) mass is 524 g/mol. The molecule has 2 aromatic heterocycles. The van der Waals surface area contributed by atoms with E-state index in [-0.39, 0.29) is 30.2 Å². The van der Waals surface area contributed by atoms with E-state index in [0.717, 1.165) is 60.1 Å². The Morgan fingerprint density at radius 1 is 1.05 bits per heavy atom. The molecule has 38 heavy (non-hydrogen) atoms. The van der Waals surface area contributed by atoms with Crippen molar-refractivity contribution >= 4 is 16.8 Å².